The van der Waals surface area contributed by atoms with Crippen LogP contribution in [-0.4, -0.2) is 22.2 Å². The summed E-state index contributed by atoms with van der Waals surface area (Å²) in [5.74, 6) is 0.645. The monoisotopic (exact) mass is 289 g/mol. The fourth-order valence-electron chi connectivity index (χ4n) is 2.44. The second kappa shape index (κ2) is 5.67. The van der Waals surface area contributed by atoms with Crippen LogP contribution < -0.4 is 5.32 Å². The van der Waals surface area contributed by atoms with Crippen LogP contribution in [0.2, 0.25) is 5.02 Å². The van der Waals surface area contributed by atoms with E-state index in [1.165, 1.54) is 5.56 Å². The fourth-order valence-corrected chi connectivity index (χ4v) is 2.60. The Morgan fingerprint density at radius 3 is 2.90 bits per heavy atom. The predicted octanol–water partition coefficient (Wildman–Crippen LogP) is 2.46. The van der Waals surface area contributed by atoms with Gasteiger partial charge in [-0.2, -0.15) is 5.10 Å². The van der Waals surface area contributed by atoms with Crippen LogP contribution in [0.5, 0.6) is 0 Å². The lowest BCUT2D eigenvalue weighted by atomic mass is 10.1. The summed E-state index contributed by atoms with van der Waals surface area (Å²) in [6, 6.07) is 10.2. The number of halogens is 1. The normalized spacial score (nSPS) is 20.6. The van der Waals surface area contributed by atoms with E-state index in [4.69, 9.17) is 11.6 Å². The number of hydrogen-bond donors (Lipinski definition) is 1. The van der Waals surface area contributed by atoms with Crippen LogP contribution in [0.15, 0.2) is 42.7 Å². The molecular weight excluding hydrogens is 274 g/mol. The molecule has 0 radical (unpaired) electrons. The smallest absolute Gasteiger partial charge is 0.223 e. The third-order valence-corrected chi connectivity index (χ3v) is 3.79. The Hall–Kier alpha value is -1.81. The lowest BCUT2D eigenvalue weighted by Gasteiger charge is -2.05. The van der Waals surface area contributed by atoms with Gasteiger partial charge in [0.25, 0.3) is 0 Å². The molecular formula is C15H16ClN3O. The first-order valence-electron chi connectivity index (χ1n) is 6.74. The van der Waals surface area contributed by atoms with Crippen molar-refractivity contribution in [2.24, 2.45) is 5.92 Å². The Balaban J connectivity index is 1.45. The van der Waals surface area contributed by atoms with Crippen molar-refractivity contribution < 1.29 is 4.79 Å². The van der Waals surface area contributed by atoms with Crippen molar-refractivity contribution in [3.05, 3.63) is 53.3 Å². The Kier molecular flexibility index (Phi) is 3.74. The van der Waals surface area contributed by atoms with Crippen molar-refractivity contribution in [2.45, 2.75) is 18.9 Å². The number of hydrogen-bond acceptors (Lipinski definition) is 2. The van der Waals surface area contributed by atoms with Gasteiger partial charge in [0, 0.05) is 18.7 Å². The molecule has 3 rings (SSSR count). The van der Waals surface area contributed by atoms with Crippen molar-refractivity contribution >= 4 is 17.5 Å². The molecule has 2 aromatic rings. The van der Waals surface area contributed by atoms with Crippen LogP contribution in [0.25, 0.3) is 0 Å². The first-order valence-corrected chi connectivity index (χ1v) is 7.12. The van der Waals surface area contributed by atoms with Crippen molar-refractivity contribution in [2.75, 3.05) is 6.54 Å². The van der Waals surface area contributed by atoms with Gasteiger partial charge >= 0.3 is 0 Å². The highest BCUT2D eigenvalue weighted by molar-refractivity contribution is 6.30. The zero-order chi connectivity index (χ0) is 13.9. The van der Waals surface area contributed by atoms with Gasteiger partial charge in [-0.1, -0.05) is 41.9 Å². The van der Waals surface area contributed by atoms with E-state index in [1.54, 1.807) is 17.1 Å². The molecule has 20 heavy (non-hydrogen) atoms. The van der Waals surface area contributed by atoms with E-state index < -0.39 is 0 Å². The summed E-state index contributed by atoms with van der Waals surface area (Å²) >= 11 is 5.78. The first kappa shape index (κ1) is 13.2. The molecule has 1 N–H and O–H groups in total. The summed E-state index contributed by atoms with van der Waals surface area (Å²) in [6.45, 7) is 1.22. The third kappa shape index (κ3) is 3.02. The van der Waals surface area contributed by atoms with Gasteiger partial charge in [0.05, 0.1) is 17.8 Å². The first-order chi connectivity index (χ1) is 9.74. The lowest BCUT2D eigenvalue weighted by molar-refractivity contribution is -0.122. The van der Waals surface area contributed by atoms with Crippen LogP contribution in [0, 0.1) is 5.92 Å². The summed E-state index contributed by atoms with van der Waals surface area (Å²) in [6.07, 6.45) is 4.29. The topological polar surface area (TPSA) is 46.9 Å². The fraction of sp³-hybridized carbons (Fsp3) is 0.333. The van der Waals surface area contributed by atoms with Crippen LogP contribution in [-0.2, 0) is 11.3 Å². The van der Waals surface area contributed by atoms with E-state index in [0.29, 0.717) is 24.0 Å². The molecule has 0 saturated heterocycles. The second-order valence-electron chi connectivity index (χ2n) is 5.07. The average Bonchev–Trinajstić information content (AvgIpc) is 3.17. The maximum Gasteiger partial charge on any atom is 0.223 e. The van der Waals surface area contributed by atoms with E-state index in [0.717, 1.165) is 6.42 Å². The minimum Gasteiger partial charge on any atom is -0.354 e. The van der Waals surface area contributed by atoms with Crippen molar-refractivity contribution in [1.29, 1.82) is 0 Å². The summed E-state index contributed by atoms with van der Waals surface area (Å²) in [4.78, 5) is 12.0. The summed E-state index contributed by atoms with van der Waals surface area (Å²) < 4.78 is 1.73. The molecule has 1 fully saturated rings. The van der Waals surface area contributed by atoms with Gasteiger partial charge < -0.3 is 5.32 Å². The van der Waals surface area contributed by atoms with Crippen molar-refractivity contribution in [3.8, 4) is 0 Å². The number of nitrogens with zero attached hydrogens (tertiary/aromatic N) is 2. The summed E-state index contributed by atoms with van der Waals surface area (Å²) in [5, 5.41) is 7.64. The molecule has 1 amide bonds. The van der Waals surface area contributed by atoms with Gasteiger partial charge in [0.1, 0.15) is 0 Å². The average molecular weight is 290 g/mol. The number of amides is 1. The van der Waals surface area contributed by atoms with Gasteiger partial charge in [-0.25, -0.2) is 0 Å². The van der Waals surface area contributed by atoms with Crippen molar-refractivity contribution in [1.82, 2.24) is 15.1 Å². The zero-order valence-electron chi connectivity index (χ0n) is 11.0. The maximum absolute atomic E-state index is 12.0. The Labute approximate surface area is 122 Å². The van der Waals surface area contributed by atoms with E-state index in [-0.39, 0.29) is 11.8 Å². The summed E-state index contributed by atoms with van der Waals surface area (Å²) in [7, 11) is 0. The minimum absolute atomic E-state index is 0.124. The predicted molar refractivity (Wildman–Crippen MR) is 77.5 cm³/mol. The Morgan fingerprint density at radius 2 is 2.20 bits per heavy atom. The van der Waals surface area contributed by atoms with E-state index in [9.17, 15) is 4.79 Å². The summed E-state index contributed by atoms with van der Waals surface area (Å²) in [5.41, 5.74) is 1.26. The molecule has 1 aromatic heterocycles. The minimum atomic E-state index is 0.124. The SMILES string of the molecule is O=C(NCCn1cc(Cl)cn1)[C@H]1C[C@@H]1c1ccccc1. The van der Waals surface area contributed by atoms with Crippen LogP contribution in [0.4, 0.5) is 0 Å². The van der Waals surface area contributed by atoms with Crippen LogP contribution in [0.1, 0.15) is 17.9 Å². The third-order valence-electron chi connectivity index (χ3n) is 3.60. The van der Waals surface area contributed by atoms with Gasteiger partial charge in [-0.15, -0.1) is 0 Å². The zero-order valence-corrected chi connectivity index (χ0v) is 11.8. The molecule has 2 atom stereocenters. The number of benzene rings is 1. The molecule has 1 aliphatic rings. The van der Waals surface area contributed by atoms with Gasteiger partial charge in [-0.05, 0) is 17.9 Å². The number of carbonyl (C=O) groups is 1. The highest BCUT2D eigenvalue weighted by atomic mass is 35.5. The molecule has 1 saturated carbocycles. The van der Waals surface area contributed by atoms with E-state index in [1.807, 2.05) is 18.2 Å². The van der Waals surface area contributed by atoms with E-state index in [2.05, 4.69) is 22.5 Å². The molecule has 4 nitrogen and oxygen atoms in total. The highest BCUT2D eigenvalue weighted by Gasteiger charge is 2.43. The largest absolute Gasteiger partial charge is 0.354 e. The lowest BCUT2D eigenvalue weighted by Crippen LogP contribution is -2.29. The maximum atomic E-state index is 12.0. The molecule has 1 aliphatic carbocycles. The number of aromatic nitrogens is 2. The molecule has 104 valence electrons. The number of rotatable bonds is 5. The van der Waals surface area contributed by atoms with Gasteiger partial charge in [0.15, 0.2) is 0 Å². The molecule has 1 aromatic carbocycles. The van der Waals surface area contributed by atoms with Crippen molar-refractivity contribution in [3.63, 3.8) is 0 Å². The molecule has 0 bridgehead atoms. The molecule has 0 spiro atoms. The van der Waals surface area contributed by atoms with Gasteiger partial charge in [0.2, 0.25) is 5.91 Å². The Morgan fingerprint density at radius 1 is 1.40 bits per heavy atom. The van der Waals surface area contributed by atoms with Crippen LogP contribution >= 0.6 is 11.6 Å². The van der Waals surface area contributed by atoms with Crippen LogP contribution in [0.3, 0.4) is 0 Å². The van der Waals surface area contributed by atoms with Gasteiger partial charge in [-0.3, -0.25) is 9.48 Å². The quantitative estimate of drug-likeness (QED) is 0.919. The molecule has 0 aliphatic heterocycles. The number of nitrogens with one attached hydrogen (secondary N) is 1. The Bertz CT molecular complexity index is 596. The standard InChI is InChI=1S/C15H16ClN3O/c16-12-9-18-19(10-12)7-6-17-15(20)14-8-13(14)11-4-2-1-3-5-11/h1-5,9-10,13-14H,6-8H2,(H,17,20)/t13-,14+/m1/s1. The van der Waals surface area contributed by atoms with E-state index >= 15 is 0 Å². The molecule has 5 heteroatoms. The molecule has 1 heterocycles. The second-order valence-corrected chi connectivity index (χ2v) is 5.51. The number of carbonyl (C=O) groups excluding carboxylic acids is 1. The highest BCUT2D eigenvalue weighted by Crippen LogP contribution is 2.47. The molecule has 0 unspecified atom stereocenters.